The first kappa shape index (κ1) is 21.4. The van der Waals surface area contributed by atoms with Gasteiger partial charge in [0.05, 0.1) is 18.7 Å². The Kier molecular flexibility index (Phi) is 6.40. The van der Waals surface area contributed by atoms with Crippen molar-refractivity contribution in [3.63, 3.8) is 0 Å². The number of aryl methyl sites for hydroxylation is 3. The van der Waals surface area contributed by atoms with Crippen LogP contribution in [0.3, 0.4) is 0 Å². The van der Waals surface area contributed by atoms with E-state index < -0.39 is 24.4 Å². The van der Waals surface area contributed by atoms with Gasteiger partial charge in [-0.25, -0.2) is 0 Å². The summed E-state index contributed by atoms with van der Waals surface area (Å²) in [5, 5.41) is 2.80. The molecule has 0 radical (unpaired) electrons. The van der Waals surface area contributed by atoms with Gasteiger partial charge in [0.25, 0.3) is 5.91 Å². The van der Waals surface area contributed by atoms with Gasteiger partial charge in [0.2, 0.25) is 5.91 Å². The Labute approximate surface area is 176 Å². The molecule has 7 nitrogen and oxygen atoms in total. The van der Waals surface area contributed by atoms with E-state index in [1.54, 1.807) is 18.2 Å². The van der Waals surface area contributed by atoms with Gasteiger partial charge in [0.1, 0.15) is 5.75 Å². The lowest BCUT2D eigenvalue weighted by Crippen LogP contribution is -2.28. The van der Waals surface area contributed by atoms with E-state index in [9.17, 15) is 14.4 Å². The van der Waals surface area contributed by atoms with Gasteiger partial charge >= 0.3 is 5.97 Å². The van der Waals surface area contributed by atoms with Gasteiger partial charge in [-0.15, -0.1) is 0 Å². The molecule has 0 aromatic heterocycles. The van der Waals surface area contributed by atoms with Crippen molar-refractivity contribution in [2.24, 2.45) is 5.92 Å². The first-order chi connectivity index (χ1) is 14.3. The Bertz CT molecular complexity index is 962. The number of ether oxygens (including phenoxy) is 2. The predicted octanol–water partition coefficient (Wildman–Crippen LogP) is 3.16. The molecular weight excluding hydrogens is 384 g/mol. The summed E-state index contributed by atoms with van der Waals surface area (Å²) in [5.41, 5.74) is 4.34. The Morgan fingerprint density at radius 3 is 2.47 bits per heavy atom. The van der Waals surface area contributed by atoms with Gasteiger partial charge < -0.3 is 19.7 Å². The van der Waals surface area contributed by atoms with Crippen molar-refractivity contribution >= 4 is 29.2 Å². The average Bonchev–Trinajstić information content (AvgIpc) is 3.10. The number of rotatable bonds is 6. The highest BCUT2D eigenvalue weighted by Gasteiger charge is 2.37. The number of para-hydroxylation sites is 2. The zero-order chi connectivity index (χ0) is 21.8. The van der Waals surface area contributed by atoms with E-state index >= 15 is 0 Å². The molecule has 1 saturated heterocycles. The molecule has 7 heteroatoms. The molecule has 1 N–H and O–H groups in total. The molecule has 1 atom stereocenters. The number of nitrogens with zero attached hydrogens (tertiary/aromatic N) is 1. The number of methoxy groups -OCH3 is 1. The molecule has 0 bridgehead atoms. The Morgan fingerprint density at radius 1 is 1.13 bits per heavy atom. The Morgan fingerprint density at radius 2 is 1.80 bits per heavy atom. The molecule has 0 aliphatic carbocycles. The molecule has 1 aliphatic rings. The highest BCUT2D eigenvalue weighted by atomic mass is 16.5. The third-order valence-corrected chi connectivity index (χ3v) is 5.12. The molecule has 0 saturated carbocycles. The second-order valence-electron chi connectivity index (χ2n) is 7.51. The minimum atomic E-state index is -0.627. The van der Waals surface area contributed by atoms with Crippen LogP contribution < -0.4 is 15.0 Å². The molecule has 2 amide bonds. The lowest BCUT2D eigenvalue weighted by molar-refractivity contribution is -0.151. The molecule has 30 heavy (non-hydrogen) atoms. The number of carbonyl (C=O) groups is 3. The van der Waals surface area contributed by atoms with Crippen LogP contribution in [0, 0.1) is 26.7 Å². The van der Waals surface area contributed by atoms with Crippen LogP contribution >= 0.6 is 0 Å². The van der Waals surface area contributed by atoms with Gasteiger partial charge in [-0.3, -0.25) is 14.4 Å². The highest BCUT2D eigenvalue weighted by molar-refractivity contribution is 6.01. The molecule has 1 fully saturated rings. The van der Waals surface area contributed by atoms with Gasteiger partial charge in [0.15, 0.2) is 6.61 Å². The van der Waals surface area contributed by atoms with Crippen molar-refractivity contribution in [2.45, 2.75) is 27.2 Å². The van der Waals surface area contributed by atoms with Gasteiger partial charge in [-0.05, 0) is 44.0 Å². The van der Waals surface area contributed by atoms with Crippen molar-refractivity contribution in [3.05, 3.63) is 53.1 Å². The first-order valence-corrected chi connectivity index (χ1v) is 9.78. The van der Waals surface area contributed by atoms with Crippen molar-refractivity contribution in [2.75, 3.05) is 30.5 Å². The van der Waals surface area contributed by atoms with Crippen LogP contribution in [0.15, 0.2) is 36.4 Å². The predicted molar refractivity (Wildman–Crippen MR) is 114 cm³/mol. The van der Waals surface area contributed by atoms with Crippen molar-refractivity contribution in [1.29, 1.82) is 0 Å². The first-order valence-electron chi connectivity index (χ1n) is 9.78. The van der Waals surface area contributed by atoms with E-state index in [0.717, 1.165) is 22.4 Å². The monoisotopic (exact) mass is 410 g/mol. The normalized spacial score (nSPS) is 15.8. The smallest absolute Gasteiger partial charge is 0.311 e. The van der Waals surface area contributed by atoms with Gasteiger partial charge in [-0.1, -0.05) is 29.8 Å². The highest BCUT2D eigenvalue weighted by Crippen LogP contribution is 2.33. The standard InChI is InChI=1S/C23H26N2O5/c1-14-9-15(2)22(16(3)10-14)24-20(26)13-30-23(28)17-11-21(27)25(12-17)18-7-5-6-8-19(18)29-4/h5-10,17H,11-13H2,1-4H3,(H,24,26)/t17-/m1/s1. The number of nitrogens with one attached hydrogen (secondary N) is 1. The number of hydrogen-bond acceptors (Lipinski definition) is 5. The largest absolute Gasteiger partial charge is 0.495 e. The fraction of sp³-hybridized carbons (Fsp3) is 0.348. The molecule has 1 aliphatic heterocycles. The maximum Gasteiger partial charge on any atom is 0.311 e. The minimum absolute atomic E-state index is 0.0364. The van der Waals surface area contributed by atoms with Gasteiger partial charge in [-0.2, -0.15) is 0 Å². The van der Waals surface area contributed by atoms with E-state index in [-0.39, 0.29) is 18.9 Å². The lowest BCUT2D eigenvalue weighted by Gasteiger charge is -2.19. The van der Waals surface area contributed by atoms with Crippen molar-refractivity contribution in [1.82, 2.24) is 0 Å². The van der Waals surface area contributed by atoms with Crippen LogP contribution in [0.2, 0.25) is 0 Å². The second-order valence-corrected chi connectivity index (χ2v) is 7.51. The average molecular weight is 410 g/mol. The van der Waals surface area contributed by atoms with Crippen LogP contribution in [0.4, 0.5) is 11.4 Å². The zero-order valence-electron chi connectivity index (χ0n) is 17.7. The number of carbonyl (C=O) groups excluding carboxylic acids is 3. The number of esters is 1. The quantitative estimate of drug-likeness (QED) is 0.740. The maximum absolute atomic E-state index is 12.4. The van der Waals surface area contributed by atoms with Crippen LogP contribution in [0.5, 0.6) is 5.75 Å². The van der Waals surface area contributed by atoms with E-state index in [4.69, 9.17) is 9.47 Å². The lowest BCUT2D eigenvalue weighted by atomic mass is 10.1. The summed E-state index contributed by atoms with van der Waals surface area (Å²) in [6, 6.07) is 11.1. The molecule has 0 spiro atoms. The van der Waals surface area contributed by atoms with E-state index in [1.807, 2.05) is 39.0 Å². The van der Waals surface area contributed by atoms with Crippen molar-refractivity contribution in [3.8, 4) is 5.75 Å². The SMILES string of the molecule is COc1ccccc1N1C[C@H](C(=O)OCC(=O)Nc2c(C)cc(C)cc2C)CC1=O. The van der Waals surface area contributed by atoms with Crippen LogP contribution in [0.1, 0.15) is 23.1 Å². The summed E-state index contributed by atoms with van der Waals surface area (Å²) in [5.74, 6) is -1.23. The van der Waals surface area contributed by atoms with E-state index in [0.29, 0.717) is 11.4 Å². The summed E-state index contributed by atoms with van der Waals surface area (Å²) in [4.78, 5) is 38.7. The fourth-order valence-corrected chi connectivity index (χ4v) is 3.76. The number of amides is 2. The molecule has 3 rings (SSSR count). The molecule has 2 aromatic rings. The number of hydrogen-bond donors (Lipinski definition) is 1. The minimum Gasteiger partial charge on any atom is -0.495 e. The fourth-order valence-electron chi connectivity index (χ4n) is 3.76. The van der Waals surface area contributed by atoms with Gasteiger partial charge in [0, 0.05) is 18.7 Å². The molecule has 158 valence electrons. The maximum atomic E-state index is 12.4. The second kappa shape index (κ2) is 8.98. The summed E-state index contributed by atoms with van der Waals surface area (Å²) < 4.78 is 10.5. The van der Waals surface area contributed by atoms with Crippen LogP contribution in [-0.4, -0.2) is 38.0 Å². The third kappa shape index (κ3) is 4.62. The summed E-state index contributed by atoms with van der Waals surface area (Å²) >= 11 is 0. The van der Waals surface area contributed by atoms with Crippen molar-refractivity contribution < 1.29 is 23.9 Å². The Balaban J connectivity index is 1.58. The van der Waals surface area contributed by atoms with Crippen LogP contribution in [0.25, 0.3) is 0 Å². The van der Waals surface area contributed by atoms with E-state index in [2.05, 4.69) is 5.32 Å². The van der Waals surface area contributed by atoms with Crippen LogP contribution in [-0.2, 0) is 19.1 Å². The molecule has 0 unspecified atom stereocenters. The number of benzene rings is 2. The number of anilines is 2. The topological polar surface area (TPSA) is 84.9 Å². The van der Waals surface area contributed by atoms with E-state index in [1.165, 1.54) is 12.0 Å². The summed E-state index contributed by atoms with van der Waals surface area (Å²) in [7, 11) is 1.53. The molecule has 1 heterocycles. The molecule has 2 aromatic carbocycles. The summed E-state index contributed by atoms with van der Waals surface area (Å²) in [6.45, 7) is 5.61. The zero-order valence-corrected chi connectivity index (χ0v) is 17.7. The Hall–Kier alpha value is -3.35. The summed E-state index contributed by atoms with van der Waals surface area (Å²) in [6.07, 6.45) is 0.0364. The molecular formula is C23H26N2O5. The third-order valence-electron chi connectivity index (χ3n) is 5.12.